The van der Waals surface area contributed by atoms with Crippen LogP contribution in [0.25, 0.3) is 0 Å². The number of pyridine rings is 1. The first-order valence-corrected chi connectivity index (χ1v) is 6.93. The van der Waals surface area contributed by atoms with Gasteiger partial charge < -0.3 is 10.0 Å². The minimum absolute atomic E-state index is 0.0704. The first-order valence-electron chi connectivity index (χ1n) is 6.93. The van der Waals surface area contributed by atoms with Crippen molar-refractivity contribution in [3.8, 4) is 0 Å². The number of fused-ring (bicyclic) bond motifs is 1. The molecule has 1 aromatic rings. The summed E-state index contributed by atoms with van der Waals surface area (Å²) in [5, 5.41) is 9.15. The number of amides is 1. The number of aliphatic imine (C=N–C) groups is 1. The maximum atomic E-state index is 12.3. The number of carbonyl (C=O) groups excluding carboxylic acids is 1. The molecule has 1 fully saturated rings. The molecule has 0 saturated carbocycles. The van der Waals surface area contributed by atoms with Crippen molar-refractivity contribution in [2.24, 2.45) is 4.99 Å². The van der Waals surface area contributed by atoms with E-state index in [0.29, 0.717) is 18.9 Å². The fourth-order valence-electron chi connectivity index (χ4n) is 2.75. The summed E-state index contributed by atoms with van der Waals surface area (Å²) < 4.78 is 0. The zero-order valence-electron chi connectivity index (χ0n) is 11.3. The summed E-state index contributed by atoms with van der Waals surface area (Å²) in [5.41, 5.74) is 1.01. The van der Waals surface area contributed by atoms with E-state index in [0.717, 1.165) is 25.1 Å². The van der Waals surface area contributed by atoms with Crippen LogP contribution in [-0.2, 0) is 4.79 Å². The van der Waals surface area contributed by atoms with Gasteiger partial charge in [-0.05, 0) is 24.1 Å². The van der Waals surface area contributed by atoms with Crippen molar-refractivity contribution in [2.45, 2.75) is 18.9 Å². The normalized spacial score (nSPS) is 22.6. The molecule has 3 rings (SSSR count). The lowest BCUT2D eigenvalue weighted by atomic mass is 10.0. The number of rotatable bonds is 3. The fraction of sp³-hybridized carbons (Fsp3) is 0.500. The van der Waals surface area contributed by atoms with Gasteiger partial charge in [0.1, 0.15) is 0 Å². The minimum Gasteiger partial charge on any atom is -0.395 e. The third-order valence-electron chi connectivity index (χ3n) is 3.74. The zero-order valence-corrected chi connectivity index (χ0v) is 11.3. The number of carbonyl (C=O) groups is 1. The van der Waals surface area contributed by atoms with Gasteiger partial charge in [0, 0.05) is 32.0 Å². The molecule has 6 heteroatoms. The monoisotopic (exact) mass is 274 g/mol. The van der Waals surface area contributed by atoms with Crippen LogP contribution in [0.1, 0.15) is 24.4 Å². The van der Waals surface area contributed by atoms with E-state index in [4.69, 9.17) is 10.1 Å². The van der Waals surface area contributed by atoms with Gasteiger partial charge in [0.2, 0.25) is 11.9 Å². The summed E-state index contributed by atoms with van der Waals surface area (Å²) in [5.74, 6) is 0.822. The number of β-amino-alcohol motifs (C(OH)–C–C–N with tert-alkyl or cyclic N) is 1. The Hall–Kier alpha value is -1.95. The Morgan fingerprint density at radius 2 is 2.10 bits per heavy atom. The van der Waals surface area contributed by atoms with Crippen LogP contribution in [-0.4, -0.2) is 58.0 Å². The molecule has 106 valence electrons. The van der Waals surface area contributed by atoms with Gasteiger partial charge in [-0.25, -0.2) is 4.99 Å². The average molecular weight is 274 g/mol. The Morgan fingerprint density at radius 1 is 1.30 bits per heavy atom. The highest BCUT2D eigenvalue weighted by molar-refractivity contribution is 5.99. The van der Waals surface area contributed by atoms with Crippen LogP contribution in [0.2, 0.25) is 0 Å². The van der Waals surface area contributed by atoms with Crippen molar-refractivity contribution in [1.29, 1.82) is 0 Å². The average Bonchev–Trinajstić information content (AvgIpc) is 2.49. The number of aromatic nitrogens is 1. The highest BCUT2D eigenvalue weighted by atomic mass is 16.3. The van der Waals surface area contributed by atoms with Gasteiger partial charge in [0.05, 0.1) is 19.1 Å². The molecule has 3 heterocycles. The molecule has 1 aromatic heterocycles. The predicted octanol–water partition coefficient (Wildman–Crippen LogP) is 0.409. The zero-order chi connectivity index (χ0) is 13.9. The van der Waals surface area contributed by atoms with E-state index in [1.165, 1.54) is 0 Å². The maximum Gasteiger partial charge on any atom is 0.231 e. The SMILES string of the molecule is O=C1CC(c2ccncc2)N=C2N(CCO)CCCN12. The maximum absolute atomic E-state index is 12.3. The summed E-state index contributed by atoms with van der Waals surface area (Å²) >= 11 is 0. The lowest BCUT2D eigenvalue weighted by molar-refractivity contribution is -0.129. The Bertz CT molecular complexity index is 515. The van der Waals surface area contributed by atoms with Gasteiger partial charge >= 0.3 is 0 Å². The van der Waals surface area contributed by atoms with Crippen LogP contribution in [0, 0.1) is 0 Å². The fourth-order valence-corrected chi connectivity index (χ4v) is 2.75. The summed E-state index contributed by atoms with van der Waals surface area (Å²) in [7, 11) is 0. The quantitative estimate of drug-likeness (QED) is 0.866. The van der Waals surface area contributed by atoms with Crippen LogP contribution < -0.4 is 0 Å². The molecule has 1 saturated heterocycles. The van der Waals surface area contributed by atoms with Crippen LogP contribution in [0.5, 0.6) is 0 Å². The van der Waals surface area contributed by atoms with Crippen molar-refractivity contribution in [3.05, 3.63) is 30.1 Å². The van der Waals surface area contributed by atoms with E-state index < -0.39 is 0 Å². The Kier molecular flexibility index (Phi) is 3.64. The number of guanidine groups is 1. The van der Waals surface area contributed by atoms with Gasteiger partial charge in [0.25, 0.3) is 0 Å². The van der Waals surface area contributed by atoms with E-state index in [2.05, 4.69) is 4.98 Å². The Labute approximate surface area is 117 Å². The standard InChI is InChI=1S/C14H18N4O2/c19-9-8-17-6-1-7-18-13(20)10-12(16-14(17)18)11-2-4-15-5-3-11/h2-5,12,19H,1,6-10H2. The second kappa shape index (κ2) is 5.58. The van der Waals surface area contributed by atoms with Crippen molar-refractivity contribution in [1.82, 2.24) is 14.8 Å². The molecule has 1 N–H and O–H groups in total. The van der Waals surface area contributed by atoms with Gasteiger partial charge in [0.15, 0.2) is 0 Å². The minimum atomic E-state index is -0.143. The van der Waals surface area contributed by atoms with E-state index >= 15 is 0 Å². The number of hydrogen-bond donors (Lipinski definition) is 1. The number of aliphatic hydroxyl groups is 1. The molecule has 0 aromatic carbocycles. The predicted molar refractivity (Wildman–Crippen MR) is 74.0 cm³/mol. The molecule has 1 atom stereocenters. The lowest BCUT2D eigenvalue weighted by Crippen LogP contribution is -2.55. The number of nitrogens with zero attached hydrogens (tertiary/aromatic N) is 4. The summed E-state index contributed by atoms with van der Waals surface area (Å²) in [6.07, 6.45) is 4.77. The van der Waals surface area contributed by atoms with E-state index in [1.807, 2.05) is 17.0 Å². The molecular weight excluding hydrogens is 256 g/mol. The first kappa shape index (κ1) is 13.1. The van der Waals surface area contributed by atoms with E-state index in [-0.39, 0.29) is 18.6 Å². The third-order valence-corrected chi connectivity index (χ3v) is 3.74. The Morgan fingerprint density at radius 3 is 2.85 bits per heavy atom. The molecule has 1 amide bonds. The molecule has 1 unspecified atom stereocenters. The van der Waals surface area contributed by atoms with Gasteiger partial charge in [-0.1, -0.05) is 0 Å². The highest BCUT2D eigenvalue weighted by Gasteiger charge is 2.34. The van der Waals surface area contributed by atoms with E-state index in [9.17, 15) is 4.79 Å². The summed E-state index contributed by atoms with van der Waals surface area (Å²) in [4.78, 5) is 24.8. The molecule has 0 spiro atoms. The number of aliphatic hydroxyl groups excluding tert-OH is 1. The van der Waals surface area contributed by atoms with Crippen molar-refractivity contribution in [2.75, 3.05) is 26.2 Å². The second-order valence-electron chi connectivity index (χ2n) is 5.04. The summed E-state index contributed by atoms with van der Waals surface area (Å²) in [6.45, 7) is 2.15. The molecule has 0 bridgehead atoms. The van der Waals surface area contributed by atoms with Crippen LogP contribution >= 0.6 is 0 Å². The second-order valence-corrected chi connectivity index (χ2v) is 5.04. The first-order chi connectivity index (χ1) is 9.79. The van der Waals surface area contributed by atoms with Crippen LogP contribution in [0.3, 0.4) is 0 Å². The lowest BCUT2D eigenvalue weighted by Gasteiger charge is -2.41. The smallest absolute Gasteiger partial charge is 0.231 e. The van der Waals surface area contributed by atoms with Gasteiger partial charge in [-0.15, -0.1) is 0 Å². The van der Waals surface area contributed by atoms with E-state index in [1.54, 1.807) is 17.3 Å². The topological polar surface area (TPSA) is 69.0 Å². The highest BCUT2D eigenvalue weighted by Crippen LogP contribution is 2.28. The number of hydrogen-bond acceptors (Lipinski definition) is 5. The molecule has 20 heavy (non-hydrogen) atoms. The van der Waals surface area contributed by atoms with Crippen LogP contribution in [0.15, 0.2) is 29.5 Å². The molecule has 0 aliphatic carbocycles. The largest absolute Gasteiger partial charge is 0.395 e. The van der Waals surface area contributed by atoms with Gasteiger partial charge in [-0.3, -0.25) is 14.7 Å². The molecule has 6 nitrogen and oxygen atoms in total. The molecule has 0 radical (unpaired) electrons. The van der Waals surface area contributed by atoms with Crippen molar-refractivity contribution in [3.63, 3.8) is 0 Å². The third kappa shape index (κ3) is 2.38. The van der Waals surface area contributed by atoms with Gasteiger partial charge in [-0.2, -0.15) is 0 Å². The van der Waals surface area contributed by atoms with Crippen molar-refractivity contribution >= 4 is 11.9 Å². The molecular formula is C14H18N4O2. The molecule has 2 aliphatic heterocycles. The molecule has 2 aliphatic rings. The van der Waals surface area contributed by atoms with Crippen LogP contribution in [0.4, 0.5) is 0 Å². The summed E-state index contributed by atoms with van der Waals surface area (Å²) in [6, 6.07) is 3.66. The van der Waals surface area contributed by atoms with Crippen molar-refractivity contribution < 1.29 is 9.90 Å². The Balaban J connectivity index is 1.92.